The highest BCUT2D eigenvalue weighted by atomic mass is 35.5. The zero-order valence-corrected chi connectivity index (χ0v) is 16.5. The minimum Gasteiger partial charge on any atom is -0.481 e. The monoisotopic (exact) mass is 409 g/mol. The normalized spacial score (nSPS) is 18.0. The predicted molar refractivity (Wildman–Crippen MR) is 106 cm³/mol. The van der Waals surface area contributed by atoms with Gasteiger partial charge in [-0.1, -0.05) is 29.3 Å². The van der Waals surface area contributed by atoms with Crippen molar-refractivity contribution in [1.82, 2.24) is 14.8 Å². The van der Waals surface area contributed by atoms with Gasteiger partial charge in [0.2, 0.25) is 0 Å². The van der Waals surface area contributed by atoms with Crippen LogP contribution in [0.4, 0.5) is 0 Å². The van der Waals surface area contributed by atoms with Gasteiger partial charge in [0.05, 0.1) is 10.5 Å². The topological polar surface area (TPSA) is 73.7 Å². The van der Waals surface area contributed by atoms with Crippen molar-refractivity contribution in [3.05, 3.63) is 40.0 Å². The molecule has 144 valence electrons. The molecule has 1 N–H and O–H groups in total. The maximum Gasteiger partial charge on any atom is 0.303 e. The third kappa shape index (κ3) is 4.69. The molecule has 1 aromatic heterocycles. The van der Waals surface area contributed by atoms with Crippen LogP contribution in [-0.4, -0.2) is 64.0 Å². The molecule has 0 bridgehead atoms. The summed E-state index contributed by atoms with van der Waals surface area (Å²) in [4.78, 5) is 31.9. The van der Waals surface area contributed by atoms with Crippen molar-refractivity contribution in [3.8, 4) is 0 Å². The molecule has 27 heavy (non-hydrogen) atoms. The lowest BCUT2D eigenvalue weighted by molar-refractivity contribution is -0.137. The third-order valence-electron chi connectivity index (χ3n) is 4.86. The quantitative estimate of drug-likeness (QED) is 0.764. The van der Waals surface area contributed by atoms with E-state index in [2.05, 4.69) is 16.8 Å². The number of rotatable bonds is 5. The van der Waals surface area contributed by atoms with Gasteiger partial charge in [0.1, 0.15) is 5.15 Å². The number of hydrogen-bond acceptors (Lipinski definition) is 4. The molecule has 0 spiro atoms. The number of carboxylic acid groups (broad SMARTS) is 1. The summed E-state index contributed by atoms with van der Waals surface area (Å²) >= 11 is 12.1. The minimum absolute atomic E-state index is 0.0492. The number of aromatic nitrogens is 1. The fourth-order valence-electron chi connectivity index (χ4n) is 3.42. The zero-order chi connectivity index (χ0) is 19.6. The number of carboxylic acids is 1. The van der Waals surface area contributed by atoms with Crippen molar-refractivity contribution in [2.24, 2.45) is 0 Å². The lowest BCUT2D eigenvalue weighted by atomic mass is 10.1. The Labute approximate surface area is 167 Å². The summed E-state index contributed by atoms with van der Waals surface area (Å²) in [6.07, 6.45) is 0.784. The maximum absolute atomic E-state index is 12.9. The van der Waals surface area contributed by atoms with Gasteiger partial charge >= 0.3 is 5.97 Å². The summed E-state index contributed by atoms with van der Waals surface area (Å²) in [7, 11) is 0. The average Bonchev–Trinajstić information content (AvgIpc) is 2.61. The fourth-order valence-corrected chi connectivity index (χ4v) is 3.94. The average molecular weight is 410 g/mol. The van der Waals surface area contributed by atoms with Crippen molar-refractivity contribution in [2.75, 3.05) is 26.2 Å². The second kappa shape index (κ2) is 8.42. The first-order chi connectivity index (χ1) is 12.8. The molecule has 1 aliphatic rings. The highest BCUT2D eigenvalue weighted by Gasteiger charge is 2.27. The third-order valence-corrected chi connectivity index (χ3v) is 5.37. The molecule has 2 aromatic rings. The number of carbonyl (C=O) groups excluding carboxylic acids is 1. The van der Waals surface area contributed by atoms with Crippen LogP contribution >= 0.6 is 23.2 Å². The first kappa shape index (κ1) is 19.9. The molecule has 8 heteroatoms. The van der Waals surface area contributed by atoms with E-state index in [9.17, 15) is 9.59 Å². The highest BCUT2D eigenvalue weighted by molar-refractivity contribution is 6.37. The predicted octanol–water partition coefficient (Wildman–Crippen LogP) is 3.55. The lowest BCUT2D eigenvalue weighted by Crippen LogP contribution is -2.53. The van der Waals surface area contributed by atoms with Crippen LogP contribution in [0.2, 0.25) is 10.2 Å². The van der Waals surface area contributed by atoms with E-state index in [0.717, 1.165) is 18.5 Å². The van der Waals surface area contributed by atoms with Gasteiger partial charge in [0.15, 0.2) is 0 Å². The number of benzene rings is 1. The second-order valence-electron chi connectivity index (χ2n) is 6.79. The van der Waals surface area contributed by atoms with Crippen LogP contribution in [0.15, 0.2) is 24.3 Å². The van der Waals surface area contributed by atoms with Crippen molar-refractivity contribution in [3.63, 3.8) is 0 Å². The molecule has 1 fully saturated rings. The Morgan fingerprint density at radius 1 is 1.26 bits per heavy atom. The molecule has 6 nitrogen and oxygen atoms in total. The van der Waals surface area contributed by atoms with Crippen LogP contribution in [0, 0.1) is 0 Å². The molecular formula is C19H21Cl2N3O3. The first-order valence-electron chi connectivity index (χ1n) is 8.86. The number of nitrogens with zero attached hydrogens (tertiary/aromatic N) is 3. The van der Waals surface area contributed by atoms with E-state index in [4.69, 9.17) is 28.3 Å². The Morgan fingerprint density at radius 3 is 2.74 bits per heavy atom. The Morgan fingerprint density at radius 2 is 2.04 bits per heavy atom. The van der Waals surface area contributed by atoms with Gasteiger partial charge in [-0.25, -0.2) is 4.98 Å². The Hall–Kier alpha value is -1.89. The van der Waals surface area contributed by atoms with Gasteiger partial charge in [-0.15, -0.1) is 0 Å². The van der Waals surface area contributed by atoms with E-state index < -0.39 is 5.97 Å². The zero-order valence-electron chi connectivity index (χ0n) is 15.0. The molecule has 0 saturated carbocycles. The van der Waals surface area contributed by atoms with Crippen molar-refractivity contribution in [2.45, 2.75) is 25.8 Å². The number of carbonyl (C=O) groups is 2. The van der Waals surface area contributed by atoms with Crippen molar-refractivity contribution >= 4 is 46.0 Å². The maximum atomic E-state index is 12.9. The SMILES string of the molecule is C[C@@H]1CN(C(=O)c2ccc3c(Cl)cc(Cl)nc3c2)CCN1CCCC(=O)O. The largest absolute Gasteiger partial charge is 0.481 e. The Balaban J connectivity index is 1.68. The summed E-state index contributed by atoms with van der Waals surface area (Å²) in [6, 6.07) is 7.03. The molecule has 1 atom stereocenters. The summed E-state index contributed by atoms with van der Waals surface area (Å²) in [6.45, 7) is 4.73. The summed E-state index contributed by atoms with van der Waals surface area (Å²) < 4.78 is 0. The number of hydrogen-bond donors (Lipinski definition) is 1. The smallest absolute Gasteiger partial charge is 0.303 e. The van der Waals surface area contributed by atoms with Crippen LogP contribution in [0.3, 0.4) is 0 Å². The van der Waals surface area contributed by atoms with E-state index in [-0.39, 0.29) is 18.4 Å². The van der Waals surface area contributed by atoms with Crippen LogP contribution in [-0.2, 0) is 4.79 Å². The number of amides is 1. The number of pyridine rings is 1. The number of piperazine rings is 1. The molecule has 1 amide bonds. The van der Waals surface area contributed by atoms with E-state index >= 15 is 0 Å². The van der Waals surface area contributed by atoms with Gasteiger partial charge in [0, 0.05) is 43.0 Å². The van der Waals surface area contributed by atoms with Gasteiger partial charge in [-0.3, -0.25) is 14.5 Å². The highest BCUT2D eigenvalue weighted by Crippen LogP contribution is 2.26. The van der Waals surface area contributed by atoms with Gasteiger partial charge in [-0.2, -0.15) is 0 Å². The number of aliphatic carboxylic acids is 1. The molecule has 0 unspecified atom stereocenters. The van der Waals surface area contributed by atoms with Gasteiger partial charge in [0.25, 0.3) is 5.91 Å². The molecule has 0 radical (unpaired) electrons. The second-order valence-corrected chi connectivity index (χ2v) is 7.59. The van der Waals surface area contributed by atoms with Gasteiger partial charge < -0.3 is 10.0 Å². The van der Waals surface area contributed by atoms with Crippen LogP contribution in [0.5, 0.6) is 0 Å². The molecule has 1 aromatic carbocycles. The van der Waals surface area contributed by atoms with E-state index in [0.29, 0.717) is 40.8 Å². The molecular weight excluding hydrogens is 389 g/mol. The molecule has 0 aliphatic carbocycles. The van der Waals surface area contributed by atoms with Crippen molar-refractivity contribution < 1.29 is 14.7 Å². The Kier molecular flexibility index (Phi) is 6.19. The molecule has 1 saturated heterocycles. The minimum atomic E-state index is -0.776. The van der Waals surface area contributed by atoms with E-state index in [1.54, 1.807) is 24.3 Å². The molecule has 2 heterocycles. The number of halogens is 2. The molecule has 1 aliphatic heterocycles. The van der Waals surface area contributed by atoms with E-state index in [1.165, 1.54) is 0 Å². The first-order valence-corrected chi connectivity index (χ1v) is 9.61. The summed E-state index contributed by atoms with van der Waals surface area (Å²) in [5.41, 5.74) is 1.15. The summed E-state index contributed by atoms with van der Waals surface area (Å²) in [5, 5.41) is 10.3. The number of fused-ring (bicyclic) bond motifs is 1. The lowest BCUT2D eigenvalue weighted by Gasteiger charge is -2.40. The Bertz CT molecular complexity index is 875. The van der Waals surface area contributed by atoms with Crippen LogP contribution < -0.4 is 0 Å². The molecule has 3 rings (SSSR count). The fraction of sp³-hybridized carbons (Fsp3) is 0.421. The standard InChI is InChI=1S/C19H21Cl2N3O3/c1-12-11-24(8-7-23(12)6-2-3-18(25)26)19(27)13-4-5-14-15(20)10-17(21)22-16(14)9-13/h4-5,9-10,12H,2-3,6-8,11H2,1H3,(H,25,26)/t12-/m1/s1. The summed E-state index contributed by atoms with van der Waals surface area (Å²) in [5.74, 6) is -0.826. The van der Waals surface area contributed by atoms with E-state index in [1.807, 2.05) is 4.90 Å². The van der Waals surface area contributed by atoms with Gasteiger partial charge in [-0.05, 0) is 38.1 Å². The van der Waals surface area contributed by atoms with Crippen molar-refractivity contribution in [1.29, 1.82) is 0 Å². The van der Waals surface area contributed by atoms with Crippen LogP contribution in [0.25, 0.3) is 10.9 Å². The van der Waals surface area contributed by atoms with Crippen LogP contribution in [0.1, 0.15) is 30.1 Å².